The molecule has 30 heavy (non-hydrogen) atoms. The molecule has 0 heterocycles. The van der Waals surface area contributed by atoms with E-state index in [1.807, 2.05) is 54.6 Å². The van der Waals surface area contributed by atoms with Crippen molar-refractivity contribution < 1.29 is 18.7 Å². The lowest BCUT2D eigenvalue weighted by atomic mass is 10.1. The number of anilines is 1. The second-order valence-electron chi connectivity index (χ2n) is 6.70. The van der Waals surface area contributed by atoms with Crippen molar-refractivity contribution >= 4 is 17.5 Å². The van der Waals surface area contributed by atoms with Crippen LogP contribution in [-0.4, -0.2) is 25.0 Å². The third-order valence-corrected chi connectivity index (χ3v) is 4.57. The van der Waals surface area contributed by atoms with E-state index in [2.05, 4.69) is 0 Å². The number of rotatable bonds is 9. The topological polar surface area (TPSA) is 72.6 Å². The van der Waals surface area contributed by atoms with E-state index in [9.17, 15) is 14.0 Å². The molecular formula is C24H23FN2O3. The summed E-state index contributed by atoms with van der Waals surface area (Å²) in [5, 5.41) is 0. The van der Waals surface area contributed by atoms with E-state index in [0.29, 0.717) is 11.4 Å². The zero-order valence-electron chi connectivity index (χ0n) is 16.5. The number of ether oxygens (including phenoxy) is 1. The Kier molecular flexibility index (Phi) is 7.16. The number of carbonyl (C=O) groups is 2. The van der Waals surface area contributed by atoms with Crippen LogP contribution in [0.4, 0.5) is 10.1 Å². The van der Waals surface area contributed by atoms with Gasteiger partial charge in [0.15, 0.2) is 0 Å². The summed E-state index contributed by atoms with van der Waals surface area (Å²) >= 11 is 0. The van der Waals surface area contributed by atoms with Crippen molar-refractivity contribution in [1.29, 1.82) is 0 Å². The molecule has 0 saturated heterocycles. The van der Waals surface area contributed by atoms with Crippen LogP contribution in [0.1, 0.15) is 12.8 Å². The van der Waals surface area contributed by atoms with Gasteiger partial charge >= 0.3 is 0 Å². The molecule has 0 unspecified atom stereocenters. The number of hydrogen-bond acceptors (Lipinski definition) is 3. The van der Waals surface area contributed by atoms with E-state index in [1.165, 1.54) is 29.2 Å². The predicted molar refractivity (Wildman–Crippen MR) is 115 cm³/mol. The molecule has 0 aliphatic rings. The molecule has 0 radical (unpaired) electrons. The second kappa shape index (κ2) is 10.2. The average Bonchev–Trinajstić information content (AvgIpc) is 2.76. The molecule has 0 spiro atoms. The molecule has 0 bridgehead atoms. The summed E-state index contributed by atoms with van der Waals surface area (Å²) in [6.45, 7) is 0.289. The number of carbonyl (C=O) groups excluding carboxylic acids is 2. The van der Waals surface area contributed by atoms with Crippen LogP contribution in [0.25, 0.3) is 11.1 Å². The molecule has 154 valence electrons. The van der Waals surface area contributed by atoms with Gasteiger partial charge in [0.2, 0.25) is 11.8 Å². The third kappa shape index (κ3) is 5.67. The minimum absolute atomic E-state index is 0.0147. The molecule has 3 aromatic carbocycles. The normalized spacial score (nSPS) is 10.4. The predicted octanol–water partition coefficient (Wildman–Crippen LogP) is 4.17. The van der Waals surface area contributed by atoms with Crippen LogP contribution in [0.3, 0.4) is 0 Å². The summed E-state index contributed by atoms with van der Waals surface area (Å²) in [4.78, 5) is 25.4. The van der Waals surface area contributed by atoms with Gasteiger partial charge in [-0.1, -0.05) is 48.5 Å². The summed E-state index contributed by atoms with van der Waals surface area (Å²) in [6.07, 6.45) is 0.111. The molecule has 0 aliphatic heterocycles. The number of para-hydroxylation sites is 1. The first kappa shape index (κ1) is 21.0. The van der Waals surface area contributed by atoms with E-state index >= 15 is 0 Å². The lowest BCUT2D eigenvalue weighted by molar-refractivity contribution is -0.119. The van der Waals surface area contributed by atoms with Gasteiger partial charge < -0.3 is 15.4 Å². The standard InChI is InChI=1S/C24H23FN2O3/c25-19-10-12-20(13-11-19)27(16-14-23(26)28)24(29)15-17-30-22-9-5-4-8-21(22)18-6-2-1-3-7-18/h1-13H,14-17H2,(H2,26,28). The second-order valence-corrected chi connectivity index (χ2v) is 6.70. The largest absolute Gasteiger partial charge is 0.492 e. The Morgan fingerprint density at radius 3 is 2.23 bits per heavy atom. The Morgan fingerprint density at radius 2 is 1.53 bits per heavy atom. The maximum absolute atomic E-state index is 13.2. The number of primary amides is 1. The van der Waals surface area contributed by atoms with Gasteiger partial charge in [-0.05, 0) is 35.9 Å². The SMILES string of the molecule is NC(=O)CCN(C(=O)CCOc1ccccc1-c1ccccc1)c1ccc(F)cc1. The number of hydrogen-bond donors (Lipinski definition) is 1. The summed E-state index contributed by atoms with van der Waals surface area (Å²) in [6, 6.07) is 23.0. The van der Waals surface area contributed by atoms with Gasteiger partial charge in [0.1, 0.15) is 11.6 Å². The number of nitrogens with zero attached hydrogens (tertiary/aromatic N) is 1. The van der Waals surface area contributed by atoms with Crippen molar-refractivity contribution in [2.75, 3.05) is 18.1 Å². The molecule has 6 heteroatoms. The van der Waals surface area contributed by atoms with Gasteiger partial charge in [-0.2, -0.15) is 0 Å². The van der Waals surface area contributed by atoms with Crippen molar-refractivity contribution in [2.45, 2.75) is 12.8 Å². The first-order valence-electron chi connectivity index (χ1n) is 9.66. The Morgan fingerprint density at radius 1 is 0.867 bits per heavy atom. The van der Waals surface area contributed by atoms with Gasteiger partial charge in [-0.15, -0.1) is 0 Å². The highest BCUT2D eigenvalue weighted by atomic mass is 19.1. The van der Waals surface area contributed by atoms with Crippen molar-refractivity contribution in [3.63, 3.8) is 0 Å². The van der Waals surface area contributed by atoms with Crippen LogP contribution < -0.4 is 15.4 Å². The lowest BCUT2D eigenvalue weighted by Gasteiger charge is -2.22. The number of nitrogens with two attached hydrogens (primary N) is 1. The monoisotopic (exact) mass is 406 g/mol. The highest BCUT2D eigenvalue weighted by Crippen LogP contribution is 2.29. The molecule has 0 aliphatic carbocycles. The first-order valence-corrected chi connectivity index (χ1v) is 9.66. The fourth-order valence-electron chi connectivity index (χ4n) is 3.07. The maximum Gasteiger partial charge on any atom is 0.230 e. The van der Waals surface area contributed by atoms with Gasteiger partial charge in [0, 0.05) is 24.2 Å². The molecule has 0 fully saturated rings. The smallest absolute Gasteiger partial charge is 0.230 e. The lowest BCUT2D eigenvalue weighted by Crippen LogP contribution is -2.34. The molecule has 2 N–H and O–H groups in total. The Balaban J connectivity index is 1.67. The molecule has 0 atom stereocenters. The van der Waals surface area contributed by atoms with E-state index in [-0.39, 0.29) is 31.9 Å². The number of halogens is 1. The highest BCUT2D eigenvalue weighted by Gasteiger charge is 2.17. The quantitative estimate of drug-likeness (QED) is 0.580. The third-order valence-electron chi connectivity index (χ3n) is 4.57. The van der Waals surface area contributed by atoms with E-state index in [0.717, 1.165) is 11.1 Å². The van der Waals surface area contributed by atoms with E-state index < -0.39 is 11.7 Å². The first-order chi connectivity index (χ1) is 14.5. The molecule has 0 saturated carbocycles. The van der Waals surface area contributed by atoms with Gasteiger partial charge in [-0.25, -0.2) is 4.39 Å². The minimum atomic E-state index is -0.511. The Bertz CT molecular complexity index is 991. The molecular weight excluding hydrogens is 383 g/mol. The average molecular weight is 406 g/mol. The maximum atomic E-state index is 13.2. The summed E-state index contributed by atoms with van der Waals surface area (Å²) in [7, 11) is 0. The Hall–Kier alpha value is -3.67. The summed E-state index contributed by atoms with van der Waals surface area (Å²) < 4.78 is 19.1. The van der Waals surface area contributed by atoms with Crippen LogP contribution in [0.5, 0.6) is 5.75 Å². The van der Waals surface area contributed by atoms with Crippen LogP contribution in [0.15, 0.2) is 78.9 Å². The Labute approximate surface area is 174 Å². The fraction of sp³-hybridized carbons (Fsp3) is 0.167. The van der Waals surface area contributed by atoms with Crippen LogP contribution in [-0.2, 0) is 9.59 Å². The summed E-state index contributed by atoms with van der Waals surface area (Å²) in [5.74, 6) is -0.466. The zero-order chi connectivity index (χ0) is 21.3. The zero-order valence-corrected chi connectivity index (χ0v) is 16.5. The van der Waals surface area contributed by atoms with Crippen LogP contribution in [0, 0.1) is 5.82 Å². The fourth-order valence-corrected chi connectivity index (χ4v) is 3.07. The summed E-state index contributed by atoms with van der Waals surface area (Å²) in [5.41, 5.74) is 7.70. The molecule has 3 rings (SSSR count). The van der Waals surface area contributed by atoms with Gasteiger partial charge in [-0.3, -0.25) is 9.59 Å². The molecule has 2 amide bonds. The van der Waals surface area contributed by atoms with E-state index in [1.54, 1.807) is 0 Å². The van der Waals surface area contributed by atoms with Crippen molar-refractivity contribution in [1.82, 2.24) is 0 Å². The van der Waals surface area contributed by atoms with Crippen molar-refractivity contribution in [3.05, 3.63) is 84.7 Å². The number of benzene rings is 3. The van der Waals surface area contributed by atoms with Crippen LogP contribution >= 0.6 is 0 Å². The minimum Gasteiger partial charge on any atom is -0.492 e. The van der Waals surface area contributed by atoms with Crippen molar-refractivity contribution in [3.8, 4) is 16.9 Å². The highest BCUT2D eigenvalue weighted by molar-refractivity contribution is 5.94. The van der Waals surface area contributed by atoms with Gasteiger partial charge in [0.25, 0.3) is 0 Å². The molecule has 5 nitrogen and oxygen atoms in total. The molecule has 3 aromatic rings. The van der Waals surface area contributed by atoms with Crippen LogP contribution in [0.2, 0.25) is 0 Å². The number of amides is 2. The van der Waals surface area contributed by atoms with Crippen molar-refractivity contribution in [2.24, 2.45) is 5.73 Å². The van der Waals surface area contributed by atoms with E-state index in [4.69, 9.17) is 10.5 Å². The molecule has 0 aromatic heterocycles. The van der Waals surface area contributed by atoms with Gasteiger partial charge in [0.05, 0.1) is 13.0 Å².